The molecule has 1 saturated heterocycles. The van der Waals surface area contributed by atoms with Gasteiger partial charge >= 0.3 is 0 Å². The zero-order chi connectivity index (χ0) is 17.8. The summed E-state index contributed by atoms with van der Waals surface area (Å²) < 4.78 is 11.0. The molecule has 1 atom stereocenters. The van der Waals surface area contributed by atoms with E-state index in [1.54, 1.807) is 6.07 Å². The molecule has 0 saturated carbocycles. The largest absolute Gasteiger partial charge is 0.489 e. The summed E-state index contributed by atoms with van der Waals surface area (Å²) in [6.07, 6.45) is 2.14. The van der Waals surface area contributed by atoms with E-state index in [4.69, 9.17) is 9.26 Å². The second-order valence-corrected chi connectivity index (χ2v) is 6.69. The molecule has 1 aliphatic heterocycles. The van der Waals surface area contributed by atoms with E-state index in [0.717, 1.165) is 42.9 Å². The third kappa shape index (κ3) is 4.39. The second kappa shape index (κ2) is 7.70. The van der Waals surface area contributed by atoms with Crippen molar-refractivity contribution in [1.82, 2.24) is 15.4 Å². The summed E-state index contributed by atoms with van der Waals surface area (Å²) in [5, 5.41) is 7.04. The Kier molecular flexibility index (Phi) is 5.38. The Labute approximate surface area is 148 Å². The Morgan fingerprint density at radius 1 is 1.44 bits per heavy atom. The Morgan fingerprint density at radius 2 is 2.28 bits per heavy atom. The number of carbonyl (C=O) groups excluding carboxylic acids is 1. The minimum atomic E-state index is -0.0527. The van der Waals surface area contributed by atoms with Crippen molar-refractivity contribution in [2.24, 2.45) is 0 Å². The van der Waals surface area contributed by atoms with Crippen LogP contribution in [0.4, 0.5) is 0 Å². The number of hydrogen-bond acceptors (Lipinski definition) is 5. The van der Waals surface area contributed by atoms with Crippen LogP contribution < -0.4 is 10.1 Å². The van der Waals surface area contributed by atoms with Crippen molar-refractivity contribution in [1.29, 1.82) is 0 Å². The van der Waals surface area contributed by atoms with Gasteiger partial charge in [0.05, 0.1) is 11.3 Å². The fourth-order valence-corrected chi connectivity index (χ4v) is 3.14. The maximum absolute atomic E-state index is 12.5. The minimum absolute atomic E-state index is 0.0527. The molecule has 1 amide bonds. The topological polar surface area (TPSA) is 67.6 Å². The third-order valence-electron chi connectivity index (χ3n) is 4.62. The predicted octanol–water partition coefficient (Wildman–Crippen LogP) is 2.69. The van der Waals surface area contributed by atoms with Gasteiger partial charge in [0.25, 0.3) is 5.91 Å². The van der Waals surface area contributed by atoms with Gasteiger partial charge in [-0.05, 0) is 58.5 Å². The number of benzene rings is 1. The van der Waals surface area contributed by atoms with Crippen LogP contribution in [0.15, 0.2) is 28.8 Å². The Morgan fingerprint density at radius 3 is 3.00 bits per heavy atom. The second-order valence-electron chi connectivity index (χ2n) is 6.69. The number of likely N-dealkylation sites (N-methyl/N-ethyl adjacent to an activating group) is 1. The van der Waals surface area contributed by atoms with Crippen molar-refractivity contribution < 1.29 is 14.1 Å². The molecule has 6 nitrogen and oxygen atoms in total. The molecule has 1 aromatic heterocycles. The minimum Gasteiger partial charge on any atom is -0.489 e. The first-order chi connectivity index (χ1) is 12.0. The smallest absolute Gasteiger partial charge is 0.251 e. The van der Waals surface area contributed by atoms with Gasteiger partial charge in [0.1, 0.15) is 18.1 Å². The highest BCUT2D eigenvalue weighted by Gasteiger charge is 2.19. The summed E-state index contributed by atoms with van der Waals surface area (Å²) in [5.41, 5.74) is 2.39. The van der Waals surface area contributed by atoms with Crippen molar-refractivity contribution >= 4 is 5.91 Å². The van der Waals surface area contributed by atoms with Crippen LogP contribution in [0.3, 0.4) is 0 Å². The highest BCUT2D eigenvalue weighted by molar-refractivity contribution is 5.94. The zero-order valence-electron chi connectivity index (χ0n) is 15.0. The average molecular weight is 343 g/mol. The van der Waals surface area contributed by atoms with Crippen LogP contribution in [0.5, 0.6) is 5.75 Å². The molecule has 1 N–H and O–H groups in total. The van der Waals surface area contributed by atoms with Crippen LogP contribution in [0.2, 0.25) is 0 Å². The molecule has 0 bridgehead atoms. The molecule has 2 aromatic rings. The molecule has 0 spiro atoms. The van der Waals surface area contributed by atoms with Gasteiger partial charge in [-0.3, -0.25) is 4.79 Å². The fraction of sp³-hybridized carbons (Fsp3) is 0.474. The summed E-state index contributed by atoms with van der Waals surface area (Å²) >= 11 is 0. The van der Waals surface area contributed by atoms with Crippen LogP contribution >= 0.6 is 0 Å². The lowest BCUT2D eigenvalue weighted by Gasteiger charge is -2.30. The zero-order valence-corrected chi connectivity index (χ0v) is 15.0. The summed E-state index contributed by atoms with van der Waals surface area (Å²) in [6.45, 7) is 6.12. The third-order valence-corrected chi connectivity index (χ3v) is 4.62. The number of carbonyl (C=O) groups is 1. The first kappa shape index (κ1) is 17.5. The highest BCUT2D eigenvalue weighted by atomic mass is 16.5. The molecule has 0 radical (unpaired) electrons. The lowest BCUT2D eigenvalue weighted by Crippen LogP contribution is -2.46. The van der Waals surface area contributed by atoms with Crippen LogP contribution in [-0.2, 0) is 6.61 Å². The van der Waals surface area contributed by atoms with Gasteiger partial charge in [0.15, 0.2) is 0 Å². The van der Waals surface area contributed by atoms with Gasteiger partial charge in [-0.25, -0.2) is 0 Å². The Bertz CT molecular complexity index is 722. The maximum Gasteiger partial charge on any atom is 0.251 e. The van der Waals surface area contributed by atoms with Crippen molar-refractivity contribution in [2.45, 2.75) is 39.3 Å². The molecule has 0 aliphatic carbocycles. The standard InChI is InChI=1S/C19H25N3O3/c1-13-18(14(2)25-21-13)12-24-17-8-4-6-15(10-17)19(23)20-16-7-5-9-22(3)11-16/h4,6,8,10,16H,5,7,9,11-12H2,1-3H3,(H,20,23)/t16-/m0/s1. The summed E-state index contributed by atoms with van der Waals surface area (Å²) in [6, 6.07) is 7.48. The van der Waals surface area contributed by atoms with Gasteiger partial charge in [-0.2, -0.15) is 0 Å². The first-order valence-corrected chi connectivity index (χ1v) is 8.67. The lowest BCUT2D eigenvalue weighted by molar-refractivity contribution is 0.0912. The number of nitrogens with zero attached hydrogens (tertiary/aromatic N) is 2. The quantitative estimate of drug-likeness (QED) is 0.904. The molecular formula is C19H25N3O3. The van der Waals surface area contributed by atoms with Crippen LogP contribution in [0.1, 0.15) is 40.2 Å². The number of aryl methyl sites for hydroxylation is 2. The van der Waals surface area contributed by atoms with Crippen LogP contribution in [0.25, 0.3) is 0 Å². The molecule has 134 valence electrons. The van der Waals surface area contributed by atoms with Crippen LogP contribution in [-0.4, -0.2) is 42.1 Å². The van der Waals surface area contributed by atoms with E-state index in [0.29, 0.717) is 17.9 Å². The van der Waals surface area contributed by atoms with Crippen molar-refractivity contribution in [3.8, 4) is 5.75 Å². The van der Waals surface area contributed by atoms with E-state index in [1.165, 1.54) is 0 Å². The molecule has 2 heterocycles. The van der Waals surface area contributed by atoms with Crippen molar-refractivity contribution in [2.75, 3.05) is 20.1 Å². The number of aromatic nitrogens is 1. The normalized spacial score (nSPS) is 18.1. The molecule has 0 unspecified atom stereocenters. The number of ether oxygens (including phenoxy) is 1. The monoisotopic (exact) mass is 343 g/mol. The van der Waals surface area contributed by atoms with Gasteiger partial charge in [-0.1, -0.05) is 11.2 Å². The van der Waals surface area contributed by atoms with E-state index in [2.05, 4.69) is 22.4 Å². The number of hydrogen-bond donors (Lipinski definition) is 1. The van der Waals surface area contributed by atoms with E-state index < -0.39 is 0 Å². The van der Waals surface area contributed by atoms with E-state index in [1.807, 2.05) is 32.0 Å². The predicted molar refractivity (Wildman–Crippen MR) is 94.7 cm³/mol. The molecule has 3 rings (SSSR count). The summed E-state index contributed by atoms with van der Waals surface area (Å²) in [7, 11) is 2.08. The number of amides is 1. The molecule has 1 aromatic carbocycles. The average Bonchev–Trinajstić information content (AvgIpc) is 2.91. The Balaban J connectivity index is 1.61. The molecule has 1 aliphatic rings. The van der Waals surface area contributed by atoms with E-state index >= 15 is 0 Å². The Hall–Kier alpha value is -2.34. The SMILES string of the molecule is Cc1noc(C)c1COc1cccc(C(=O)N[C@H]2CCCN(C)C2)c1. The molecule has 6 heteroatoms. The summed E-state index contributed by atoms with van der Waals surface area (Å²) in [4.78, 5) is 14.8. The number of rotatable bonds is 5. The fourth-order valence-electron chi connectivity index (χ4n) is 3.14. The van der Waals surface area contributed by atoms with Gasteiger partial charge in [0.2, 0.25) is 0 Å². The first-order valence-electron chi connectivity index (χ1n) is 8.67. The van der Waals surface area contributed by atoms with Crippen LogP contribution in [0, 0.1) is 13.8 Å². The number of piperidine rings is 1. The lowest BCUT2D eigenvalue weighted by atomic mass is 10.1. The van der Waals surface area contributed by atoms with E-state index in [-0.39, 0.29) is 11.9 Å². The van der Waals surface area contributed by atoms with Crippen molar-refractivity contribution in [3.05, 3.63) is 46.8 Å². The number of likely N-dealkylation sites (tertiary alicyclic amines) is 1. The molecule has 25 heavy (non-hydrogen) atoms. The molecule has 1 fully saturated rings. The van der Waals surface area contributed by atoms with Gasteiger partial charge in [0, 0.05) is 18.2 Å². The van der Waals surface area contributed by atoms with Gasteiger partial charge < -0.3 is 19.5 Å². The summed E-state index contributed by atoms with van der Waals surface area (Å²) in [5.74, 6) is 1.37. The van der Waals surface area contributed by atoms with Gasteiger partial charge in [-0.15, -0.1) is 0 Å². The number of nitrogens with one attached hydrogen (secondary N) is 1. The van der Waals surface area contributed by atoms with Crippen molar-refractivity contribution in [3.63, 3.8) is 0 Å². The molecular weight excluding hydrogens is 318 g/mol. The van der Waals surface area contributed by atoms with E-state index in [9.17, 15) is 4.79 Å². The maximum atomic E-state index is 12.5. The highest BCUT2D eigenvalue weighted by Crippen LogP contribution is 2.19.